The molecular weight excluding hydrogens is 220 g/mol. The maximum atomic E-state index is 3.85. The Morgan fingerprint density at radius 2 is 1.83 bits per heavy atom. The van der Waals surface area contributed by atoms with Gasteiger partial charge >= 0.3 is 0 Å². The van der Waals surface area contributed by atoms with Crippen LogP contribution in [-0.4, -0.2) is 37.1 Å². The molecule has 0 bridgehead atoms. The van der Waals surface area contributed by atoms with Crippen molar-refractivity contribution in [1.29, 1.82) is 0 Å². The highest BCUT2D eigenvalue weighted by molar-refractivity contribution is 4.80. The average Bonchev–Trinajstić information content (AvgIpc) is 2.37. The molecule has 0 spiro atoms. The molecule has 1 N–H and O–H groups in total. The van der Waals surface area contributed by atoms with E-state index in [0.29, 0.717) is 0 Å². The zero-order valence-electron chi connectivity index (χ0n) is 12.5. The Hall–Kier alpha value is -0.0800. The van der Waals surface area contributed by atoms with E-state index in [1.807, 2.05) is 0 Å². The van der Waals surface area contributed by atoms with Gasteiger partial charge in [-0.25, -0.2) is 0 Å². The Morgan fingerprint density at radius 3 is 2.56 bits per heavy atom. The number of nitrogens with one attached hydrogen (secondary N) is 1. The summed E-state index contributed by atoms with van der Waals surface area (Å²) in [6.45, 7) is 9.82. The SMILES string of the molecule is CC(C)CN1CCCC(NCC2CCCCC2)C1. The Balaban J connectivity index is 1.65. The Labute approximate surface area is 114 Å². The Kier molecular flexibility index (Phi) is 5.97. The number of nitrogens with zero attached hydrogens (tertiary/aromatic N) is 1. The molecule has 1 aliphatic carbocycles. The van der Waals surface area contributed by atoms with Crippen molar-refractivity contribution in [3.63, 3.8) is 0 Å². The molecule has 0 radical (unpaired) electrons. The summed E-state index contributed by atoms with van der Waals surface area (Å²) in [5, 5.41) is 3.85. The van der Waals surface area contributed by atoms with Crippen molar-refractivity contribution in [2.75, 3.05) is 26.2 Å². The summed E-state index contributed by atoms with van der Waals surface area (Å²) in [5.74, 6) is 1.78. The number of piperidine rings is 1. The molecule has 0 aromatic carbocycles. The second-order valence-electron chi connectivity index (χ2n) is 6.90. The van der Waals surface area contributed by atoms with E-state index in [0.717, 1.165) is 17.9 Å². The second kappa shape index (κ2) is 7.49. The molecule has 2 fully saturated rings. The molecule has 2 heteroatoms. The fourth-order valence-corrected chi connectivity index (χ4v) is 3.63. The van der Waals surface area contributed by atoms with Crippen molar-refractivity contribution in [1.82, 2.24) is 10.2 Å². The molecule has 1 heterocycles. The molecular formula is C16H32N2. The van der Waals surface area contributed by atoms with Crippen LogP contribution in [-0.2, 0) is 0 Å². The summed E-state index contributed by atoms with van der Waals surface area (Å²) < 4.78 is 0. The van der Waals surface area contributed by atoms with Crippen molar-refractivity contribution >= 4 is 0 Å². The van der Waals surface area contributed by atoms with Crippen molar-refractivity contribution < 1.29 is 0 Å². The van der Waals surface area contributed by atoms with Gasteiger partial charge in [0, 0.05) is 19.1 Å². The molecule has 0 aromatic rings. The molecule has 1 atom stereocenters. The van der Waals surface area contributed by atoms with Crippen molar-refractivity contribution in [3.8, 4) is 0 Å². The maximum absolute atomic E-state index is 3.85. The van der Waals surface area contributed by atoms with Crippen molar-refractivity contribution in [3.05, 3.63) is 0 Å². The quantitative estimate of drug-likeness (QED) is 0.808. The number of hydrogen-bond donors (Lipinski definition) is 1. The third kappa shape index (κ3) is 4.89. The van der Waals surface area contributed by atoms with Crippen LogP contribution in [0.3, 0.4) is 0 Å². The van der Waals surface area contributed by atoms with Gasteiger partial charge in [0.15, 0.2) is 0 Å². The highest BCUT2D eigenvalue weighted by Gasteiger charge is 2.21. The van der Waals surface area contributed by atoms with Crippen LogP contribution in [0, 0.1) is 11.8 Å². The Morgan fingerprint density at radius 1 is 1.06 bits per heavy atom. The number of hydrogen-bond acceptors (Lipinski definition) is 2. The van der Waals surface area contributed by atoms with Gasteiger partial charge in [-0.2, -0.15) is 0 Å². The lowest BCUT2D eigenvalue weighted by Gasteiger charge is -2.35. The van der Waals surface area contributed by atoms with E-state index < -0.39 is 0 Å². The summed E-state index contributed by atoms with van der Waals surface area (Å²) in [4.78, 5) is 2.66. The van der Waals surface area contributed by atoms with Gasteiger partial charge in [0.05, 0.1) is 0 Å². The first-order valence-electron chi connectivity index (χ1n) is 8.20. The normalized spacial score (nSPS) is 27.8. The molecule has 2 nitrogen and oxygen atoms in total. The standard InChI is InChI=1S/C16H32N2/c1-14(2)12-18-10-6-9-16(13-18)17-11-15-7-4-3-5-8-15/h14-17H,3-13H2,1-2H3. The molecule has 2 rings (SSSR count). The fraction of sp³-hybridized carbons (Fsp3) is 1.00. The topological polar surface area (TPSA) is 15.3 Å². The lowest BCUT2D eigenvalue weighted by Crippen LogP contribution is -2.47. The third-order valence-electron chi connectivity index (χ3n) is 4.55. The Bertz CT molecular complexity index is 221. The summed E-state index contributed by atoms with van der Waals surface area (Å²) in [6, 6.07) is 0.763. The molecule has 2 aliphatic rings. The van der Waals surface area contributed by atoms with E-state index in [1.165, 1.54) is 71.1 Å². The van der Waals surface area contributed by atoms with Crippen LogP contribution in [0.5, 0.6) is 0 Å². The fourth-order valence-electron chi connectivity index (χ4n) is 3.63. The first-order valence-corrected chi connectivity index (χ1v) is 8.20. The van der Waals surface area contributed by atoms with Gasteiger partial charge in [0.25, 0.3) is 0 Å². The zero-order chi connectivity index (χ0) is 12.8. The van der Waals surface area contributed by atoms with Gasteiger partial charge in [-0.1, -0.05) is 33.1 Å². The third-order valence-corrected chi connectivity index (χ3v) is 4.55. The summed E-state index contributed by atoms with van der Waals surface area (Å²) in [7, 11) is 0. The van der Waals surface area contributed by atoms with Gasteiger partial charge in [-0.05, 0) is 50.6 Å². The largest absolute Gasteiger partial charge is 0.312 e. The molecule has 106 valence electrons. The predicted molar refractivity (Wildman–Crippen MR) is 78.9 cm³/mol. The molecule has 1 saturated carbocycles. The van der Waals surface area contributed by atoms with E-state index >= 15 is 0 Å². The monoisotopic (exact) mass is 252 g/mol. The minimum Gasteiger partial charge on any atom is -0.312 e. The van der Waals surface area contributed by atoms with Crippen LogP contribution in [0.1, 0.15) is 58.8 Å². The van der Waals surface area contributed by atoms with Crippen LogP contribution >= 0.6 is 0 Å². The number of likely N-dealkylation sites (tertiary alicyclic amines) is 1. The van der Waals surface area contributed by atoms with E-state index in [9.17, 15) is 0 Å². The molecule has 0 amide bonds. The van der Waals surface area contributed by atoms with E-state index in [1.54, 1.807) is 0 Å². The minimum atomic E-state index is 0.763. The first-order chi connectivity index (χ1) is 8.74. The van der Waals surface area contributed by atoms with Gasteiger partial charge in [0.1, 0.15) is 0 Å². The van der Waals surface area contributed by atoms with Crippen molar-refractivity contribution in [2.24, 2.45) is 11.8 Å². The van der Waals surface area contributed by atoms with E-state index in [4.69, 9.17) is 0 Å². The lowest BCUT2D eigenvalue weighted by atomic mass is 9.89. The first kappa shape index (κ1) is 14.3. The minimum absolute atomic E-state index is 0.763. The van der Waals surface area contributed by atoms with Crippen LogP contribution in [0.2, 0.25) is 0 Å². The van der Waals surface area contributed by atoms with Crippen LogP contribution in [0.4, 0.5) is 0 Å². The predicted octanol–water partition coefficient (Wildman–Crippen LogP) is 3.28. The van der Waals surface area contributed by atoms with Crippen LogP contribution < -0.4 is 5.32 Å². The van der Waals surface area contributed by atoms with Crippen LogP contribution in [0.25, 0.3) is 0 Å². The van der Waals surface area contributed by atoms with Gasteiger partial charge in [0.2, 0.25) is 0 Å². The highest BCUT2D eigenvalue weighted by atomic mass is 15.2. The smallest absolute Gasteiger partial charge is 0.0195 e. The van der Waals surface area contributed by atoms with Crippen LogP contribution in [0.15, 0.2) is 0 Å². The summed E-state index contributed by atoms with van der Waals surface area (Å²) in [6.07, 6.45) is 10.1. The lowest BCUT2D eigenvalue weighted by molar-refractivity contribution is 0.168. The van der Waals surface area contributed by atoms with Gasteiger partial charge < -0.3 is 10.2 Å². The molecule has 1 aliphatic heterocycles. The molecule has 0 aromatic heterocycles. The van der Waals surface area contributed by atoms with Gasteiger partial charge in [-0.3, -0.25) is 0 Å². The molecule has 18 heavy (non-hydrogen) atoms. The highest BCUT2D eigenvalue weighted by Crippen LogP contribution is 2.23. The second-order valence-corrected chi connectivity index (χ2v) is 6.90. The van der Waals surface area contributed by atoms with Gasteiger partial charge in [-0.15, -0.1) is 0 Å². The maximum Gasteiger partial charge on any atom is 0.0195 e. The average molecular weight is 252 g/mol. The number of rotatable bonds is 5. The molecule has 1 unspecified atom stereocenters. The molecule has 1 saturated heterocycles. The summed E-state index contributed by atoms with van der Waals surface area (Å²) >= 11 is 0. The van der Waals surface area contributed by atoms with E-state index in [2.05, 4.69) is 24.1 Å². The summed E-state index contributed by atoms with van der Waals surface area (Å²) in [5.41, 5.74) is 0. The van der Waals surface area contributed by atoms with E-state index in [-0.39, 0.29) is 0 Å². The zero-order valence-corrected chi connectivity index (χ0v) is 12.5. The van der Waals surface area contributed by atoms with Crippen molar-refractivity contribution in [2.45, 2.75) is 64.8 Å².